The fourth-order valence-corrected chi connectivity index (χ4v) is 10.1. The van der Waals surface area contributed by atoms with Crippen LogP contribution < -0.4 is 5.73 Å². The van der Waals surface area contributed by atoms with Crippen molar-refractivity contribution in [3.05, 3.63) is 77.9 Å². The number of carbonyl (C=O) groups is 2. The minimum absolute atomic E-state index is 0.00295. The molecular formula is C34H37NO6S. The maximum Gasteiger partial charge on any atom is 0.193 e. The summed E-state index contributed by atoms with van der Waals surface area (Å²) >= 11 is 1.61. The molecule has 1 aliphatic heterocycles. The van der Waals surface area contributed by atoms with E-state index in [1.165, 1.54) is 0 Å². The zero-order valence-electron chi connectivity index (χ0n) is 23.9. The van der Waals surface area contributed by atoms with Gasteiger partial charge in [-0.25, -0.2) is 0 Å². The van der Waals surface area contributed by atoms with E-state index in [0.717, 1.165) is 33.8 Å². The molecule has 2 unspecified atom stereocenters. The van der Waals surface area contributed by atoms with Crippen molar-refractivity contribution < 1.29 is 29.3 Å². The van der Waals surface area contributed by atoms with E-state index in [2.05, 4.69) is 13.8 Å². The number of ketones is 2. The van der Waals surface area contributed by atoms with E-state index in [1.54, 1.807) is 23.9 Å². The SMILES string of the molecule is C[C@]12C=CC(=O)C=C1CC[C@@H]1C2[C@@H](O)C[C@@]2(C)C1C[C@H]1O[C@@H](c3ccc(Sc4cccc(N)c4)cc3)O[C@]12C(=O)CO. The van der Waals surface area contributed by atoms with Crippen LogP contribution in [0, 0.1) is 28.6 Å². The largest absolute Gasteiger partial charge is 0.399 e. The van der Waals surface area contributed by atoms with Gasteiger partial charge < -0.3 is 25.4 Å². The fraction of sp³-hybridized carbons (Fsp3) is 0.471. The van der Waals surface area contributed by atoms with Crippen molar-refractivity contribution in [1.82, 2.24) is 0 Å². The van der Waals surface area contributed by atoms with Gasteiger partial charge in [0.05, 0.1) is 12.2 Å². The number of benzene rings is 2. The molecule has 7 nitrogen and oxygen atoms in total. The molecule has 1 heterocycles. The van der Waals surface area contributed by atoms with Gasteiger partial charge in [0.15, 0.2) is 23.5 Å². The van der Waals surface area contributed by atoms with E-state index < -0.39 is 41.5 Å². The minimum atomic E-state index is -1.35. The Hall–Kier alpha value is -2.75. The van der Waals surface area contributed by atoms with E-state index in [9.17, 15) is 19.8 Å². The van der Waals surface area contributed by atoms with Crippen LogP contribution in [0.3, 0.4) is 0 Å². The minimum Gasteiger partial charge on any atom is -0.399 e. The Bertz CT molecular complexity index is 1500. The van der Waals surface area contributed by atoms with Crippen molar-refractivity contribution in [3.8, 4) is 0 Å². The third-order valence-electron chi connectivity index (χ3n) is 11.0. The van der Waals surface area contributed by atoms with Crippen LogP contribution in [0.5, 0.6) is 0 Å². The number of fused-ring (bicyclic) bond motifs is 7. The van der Waals surface area contributed by atoms with Gasteiger partial charge in [0, 0.05) is 37.8 Å². The van der Waals surface area contributed by atoms with Gasteiger partial charge in [0.25, 0.3) is 0 Å². The molecule has 5 aliphatic rings. The van der Waals surface area contributed by atoms with Crippen LogP contribution in [0.15, 0.2) is 82.1 Å². The molecule has 0 radical (unpaired) electrons. The Labute approximate surface area is 250 Å². The number of nitrogen functional groups attached to an aromatic ring is 1. The van der Waals surface area contributed by atoms with E-state index in [0.29, 0.717) is 18.5 Å². The molecule has 220 valence electrons. The average molecular weight is 588 g/mol. The van der Waals surface area contributed by atoms with Crippen LogP contribution in [-0.4, -0.2) is 46.2 Å². The molecule has 42 heavy (non-hydrogen) atoms. The number of aliphatic hydroxyl groups excluding tert-OH is 2. The van der Waals surface area contributed by atoms with Gasteiger partial charge >= 0.3 is 0 Å². The van der Waals surface area contributed by atoms with Crippen LogP contribution in [0.2, 0.25) is 0 Å². The molecule has 7 rings (SSSR count). The van der Waals surface area contributed by atoms with Gasteiger partial charge in [-0.3, -0.25) is 9.59 Å². The van der Waals surface area contributed by atoms with Crippen molar-refractivity contribution in [2.45, 2.75) is 73.4 Å². The number of carbonyl (C=O) groups excluding carboxylic acids is 2. The average Bonchev–Trinajstić information content (AvgIpc) is 3.46. The molecule has 0 spiro atoms. The third-order valence-corrected chi connectivity index (χ3v) is 12.0. The number of hydrogen-bond donors (Lipinski definition) is 3. The maximum atomic E-state index is 13.7. The van der Waals surface area contributed by atoms with Crippen LogP contribution in [0.25, 0.3) is 0 Å². The van der Waals surface area contributed by atoms with Gasteiger partial charge in [0.1, 0.15) is 6.61 Å². The molecule has 1 saturated heterocycles. The predicted octanol–water partition coefficient (Wildman–Crippen LogP) is 5.02. The smallest absolute Gasteiger partial charge is 0.193 e. The summed E-state index contributed by atoms with van der Waals surface area (Å²) in [5.74, 6) is -0.259. The van der Waals surface area contributed by atoms with Crippen molar-refractivity contribution >= 4 is 29.0 Å². The highest BCUT2D eigenvalue weighted by Crippen LogP contribution is 2.70. The topological polar surface area (TPSA) is 119 Å². The quantitative estimate of drug-likeness (QED) is 0.417. The van der Waals surface area contributed by atoms with Crippen LogP contribution in [-0.2, 0) is 19.1 Å². The number of nitrogens with two attached hydrogens (primary N) is 1. The monoisotopic (exact) mass is 587 g/mol. The molecule has 4 aliphatic carbocycles. The molecule has 4 N–H and O–H groups in total. The summed E-state index contributed by atoms with van der Waals surface area (Å²) in [6, 6.07) is 15.6. The Balaban J connectivity index is 1.18. The first-order valence-corrected chi connectivity index (χ1v) is 15.6. The molecule has 0 amide bonds. The number of aliphatic hydroxyl groups is 2. The van der Waals surface area contributed by atoms with Gasteiger partial charge in [0.2, 0.25) is 0 Å². The van der Waals surface area contributed by atoms with Gasteiger partial charge in [-0.05, 0) is 80.0 Å². The normalized spacial score (nSPS) is 40.1. The van der Waals surface area contributed by atoms with Gasteiger partial charge in [-0.2, -0.15) is 0 Å². The molecule has 4 fully saturated rings. The standard InChI is InChI=1S/C34H37NO6S/c1-32-13-12-22(37)14-20(32)8-11-25-26-16-29-34(28(39)18-36,33(26,2)17-27(38)30(25)32)41-31(40-29)19-6-9-23(10-7-19)42-24-5-3-4-21(35)15-24/h3-7,9-10,12-15,25-27,29-31,36,38H,8,11,16-18,35H2,1-2H3/t25-,26?,27-,29+,30?,31+,32-,33-,34+/m0/s1. The molecular weight excluding hydrogens is 550 g/mol. The Morgan fingerprint density at radius 2 is 1.93 bits per heavy atom. The molecule has 0 aromatic heterocycles. The maximum absolute atomic E-state index is 13.7. The lowest BCUT2D eigenvalue weighted by atomic mass is 9.46. The highest BCUT2D eigenvalue weighted by molar-refractivity contribution is 7.99. The molecule has 2 aromatic carbocycles. The summed E-state index contributed by atoms with van der Waals surface area (Å²) < 4.78 is 13.3. The van der Waals surface area contributed by atoms with Crippen LogP contribution >= 0.6 is 11.8 Å². The molecule has 2 aromatic rings. The first kappa shape index (κ1) is 28.0. The first-order valence-electron chi connectivity index (χ1n) is 14.8. The molecule has 8 heteroatoms. The van der Waals surface area contributed by atoms with E-state index in [4.69, 9.17) is 15.2 Å². The second kappa shape index (κ2) is 9.89. The summed E-state index contributed by atoms with van der Waals surface area (Å²) in [5, 5.41) is 22.0. The van der Waals surface area contributed by atoms with Crippen molar-refractivity contribution in [3.63, 3.8) is 0 Å². The lowest BCUT2D eigenvalue weighted by Gasteiger charge is -2.59. The lowest BCUT2D eigenvalue weighted by Crippen LogP contribution is -2.63. The third kappa shape index (κ3) is 3.95. The highest BCUT2D eigenvalue weighted by Gasteiger charge is 2.75. The van der Waals surface area contributed by atoms with Crippen LogP contribution in [0.4, 0.5) is 5.69 Å². The molecule has 3 saturated carbocycles. The summed E-state index contributed by atoms with van der Waals surface area (Å²) in [5.41, 5.74) is 6.05. The second-order valence-corrected chi connectivity index (χ2v) is 14.2. The first-order chi connectivity index (χ1) is 20.1. The summed E-state index contributed by atoms with van der Waals surface area (Å²) in [7, 11) is 0. The Kier molecular flexibility index (Phi) is 6.61. The van der Waals surface area contributed by atoms with Crippen molar-refractivity contribution in [2.75, 3.05) is 12.3 Å². The number of anilines is 1. The van der Waals surface area contributed by atoms with E-state index >= 15 is 0 Å². The Morgan fingerprint density at radius 3 is 2.67 bits per heavy atom. The van der Waals surface area contributed by atoms with E-state index in [-0.39, 0.29) is 29.3 Å². The summed E-state index contributed by atoms with van der Waals surface area (Å²) in [6.07, 6.45) is 5.96. The summed E-state index contributed by atoms with van der Waals surface area (Å²) in [4.78, 5) is 28.0. The van der Waals surface area contributed by atoms with Crippen molar-refractivity contribution in [2.24, 2.45) is 28.6 Å². The highest BCUT2D eigenvalue weighted by atomic mass is 32.2. The Morgan fingerprint density at radius 1 is 1.14 bits per heavy atom. The molecule has 9 atom stereocenters. The lowest BCUT2D eigenvalue weighted by molar-refractivity contribution is -0.201. The number of hydrogen-bond acceptors (Lipinski definition) is 8. The zero-order valence-corrected chi connectivity index (χ0v) is 24.7. The van der Waals surface area contributed by atoms with Gasteiger partial charge in [-0.1, -0.05) is 55.5 Å². The summed E-state index contributed by atoms with van der Waals surface area (Å²) in [6.45, 7) is 3.53. The second-order valence-electron chi connectivity index (χ2n) is 13.1. The number of ether oxygens (including phenoxy) is 2. The zero-order chi connectivity index (χ0) is 29.4. The van der Waals surface area contributed by atoms with Crippen LogP contribution in [0.1, 0.15) is 51.4 Å². The predicted molar refractivity (Wildman–Crippen MR) is 158 cm³/mol. The van der Waals surface area contributed by atoms with E-state index in [1.807, 2.05) is 54.6 Å². The number of Topliss-reactive ketones (excluding diaryl/α,β-unsaturated/α-hetero) is 1. The number of rotatable bonds is 5. The van der Waals surface area contributed by atoms with Gasteiger partial charge in [-0.15, -0.1) is 0 Å². The van der Waals surface area contributed by atoms with Crippen molar-refractivity contribution in [1.29, 1.82) is 0 Å². The molecule has 0 bridgehead atoms. The fourth-order valence-electron chi connectivity index (χ4n) is 9.24. The number of allylic oxidation sites excluding steroid dienone is 4.